The van der Waals surface area contributed by atoms with Gasteiger partial charge in [0.2, 0.25) is 0 Å². The van der Waals surface area contributed by atoms with Crippen molar-refractivity contribution in [1.82, 2.24) is 10.2 Å². The molecule has 1 N–H and O–H groups in total. The minimum absolute atomic E-state index is 0.266. The average Bonchev–Trinajstić information content (AvgIpc) is 2.89. The first kappa shape index (κ1) is 15.2. The molecule has 0 aromatic rings. The highest BCUT2D eigenvalue weighted by molar-refractivity contribution is 8.13. The Morgan fingerprint density at radius 3 is 2.84 bits per heavy atom. The lowest BCUT2D eigenvalue weighted by Crippen LogP contribution is -2.48. The van der Waals surface area contributed by atoms with Gasteiger partial charge in [0.25, 0.3) is 0 Å². The van der Waals surface area contributed by atoms with Crippen LogP contribution in [0.4, 0.5) is 0 Å². The van der Waals surface area contributed by atoms with Gasteiger partial charge in [-0.15, -0.1) is 0 Å². The molecule has 2 unspecified atom stereocenters. The molecule has 0 amide bonds. The van der Waals surface area contributed by atoms with E-state index in [1.807, 2.05) is 11.8 Å². The van der Waals surface area contributed by atoms with Crippen LogP contribution in [0.5, 0.6) is 0 Å². The van der Waals surface area contributed by atoms with Crippen molar-refractivity contribution in [2.75, 3.05) is 31.9 Å². The van der Waals surface area contributed by atoms with Crippen molar-refractivity contribution in [3.63, 3.8) is 0 Å². The highest BCUT2D eigenvalue weighted by atomic mass is 32.2. The molecule has 0 saturated carbocycles. The van der Waals surface area contributed by atoms with Gasteiger partial charge >= 0.3 is 0 Å². The van der Waals surface area contributed by atoms with E-state index in [0.717, 1.165) is 6.54 Å². The van der Waals surface area contributed by atoms with Crippen LogP contribution in [0.15, 0.2) is 4.99 Å². The van der Waals surface area contributed by atoms with Crippen LogP contribution in [0, 0.1) is 5.92 Å². The summed E-state index contributed by atoms with van der Waals surface area (Å²) < 4.78 is 0. The number of nitrogens with one attached hydrogen (secondary N) is 1. The molecule has 0 spiro atoms. The summed E-state index contributed by atoms with van der Waals surface area (Å²) in [6.45, 7) is 11.7. The second-order valence-electron chi connectivity index (χ2n) is 6.40. The summed E-state index contributed by atoms with van der Waals surface area (Å²) >= 11 is 1.89. The Labute approximate surface area is 122 Å². The third-order valence-electron chi connectivity index (χ3n) is 4.40. The molecule has 2 rings (SSSR count). The van der Waals surface area contributed by atoms with E-state index in [1.165, 1.54) is 56.2 Å². The zero-order chi connectivity index (χ0) is 13.7. The normalized spacial score (nSPS) is 32.5. The number of nitrogens with zero attached hydrogens (tertiary/aromatic N) is 2. The van der Waals surface area contributed by atoms with Crippen molar-refractivity contribution in [3.8, 4) is 0 Å². The Morgan fingerprint density at radius 2 is 2.16 bits per heavy atom. The third kappa shape index (κ3) is 4.67. The predicted octanol–water partition coefficient (Wildman–Crippen LogP) is 2.97. The van der Waals surface area contributed by atoms with Gasteiger partial charge in [-0.1, -0.05) is 25.6 Å². The fourth-order valence-electron chi connectivity index (χ4n) is 2.78. The zero-order valence-corrected chi connectivity index (χ0v) is 13.6. The summed E-state index contributed by atoms with van der Waals surface area (Å²) in [6, 6.07) is 0. The van der Waals surface area contributed by atoms with Crippen LogP contribution in [-0.2, 0) is 0 Å². The first-order chi connectivity index (χ1) is 9.11. The van der Waals surface area contributed by atoms with Gasteiger partial charge in [-0.05, 0) is 51.6 Å². The number of rotatable bonds is 5. The van der Waals surface area contributed by atoms with Gasteiger partial charge < -0.3 is 10.2 Å². The molecule has 0 radical (unpaired) electrons. The number of amidine groups is 1. The molecule has 2 atom stereocenters. The van der Waals surface area contributed by atoms with Crippen LogP contribution < -0.4 is 5.32 Å². The monoisotopic (exact) mass is 283 g/mol. The summed E-state index contributed by atoms with van der Waals surface area (Å²) in [6.07, 6.45) is 5.19. The van der Waals surface area contributed by atoms with Crippen molar-refractivity contribution in [1.29, 1.82) is 0 Å². The van der Waals surface area contributed by atoms with Crippen molar-refractivity contribution in [3.05, 3.63) is 0 Å². The summed E-state index contributed by atoms with van der Waals surface area (Å²) in [5.74, 6) is 1.87. The Hall–Kier alpha value is -0.220. The largest absolute Gasteiger partial charge is 0.360 e. The van der Waals surface area contributed by atoms with E-state index in [0.29, 0.717) is 5.92 Å². The van der Waals surface area contributed by atoms with Gasteiger partial charge in [0.05, 0.1) is 0 Å². The Kier molecular flexibility index (Phi) is 5.58. The molecule has 2 aliphatic rings. The van der Waals surface area contributed by atoms with Gasteiger partial charge in [0.1, 0.15) is 0 Å². The molecule has 0 aromatic heterocycles. The zero-order valence-electron chi connectivity index (χ0n) is 12.7. The molecule has 2 heterocycles. The van der Waals surface area contributed by atoms with Crippen LogP contribution in [0.3, 0.4) is 0 Å². The number of hydrogen-bond acceptors (Lipinski definition) is 3. The lowest BCUT2D eigenvalue weighted by Gasteiger charge is -2.35. The van der Waals surface area contributed by atoms with Gasteiger partial charge in [-0.25, -0.2) is 0 Å². The first-order valence-corrected chi connectivity index (χ1v) is 8.77. The molecule has 0 aromatic carbocycles. The first-order valence-electron chi connectivity index (χ1n) is 7.79. The lowest BCUT2D eigenvalue weighted by atomic mass is 9.96. The highest BCUT2D eigenvalue weighted by Crippen LogP contribution is 2.25. The maximum Gasteiger partial charge on any atom is 0.156 e. The summed E-state index contributed by atoms with van der Waals surface area (Å²) in [5.41, 5.74) is 0.266. The molecule has 3 nitrogen and oxygen atoms in total. The summed E-state index contributed by atoms with van der Waals surface area (Å²) in [5, 5.41) is 4.80. The Bertz CT molecular complexity index is 313. The molecule has 0 aliphatic carbocycles. The fraction of sp³-hybridized carbons (Fsp3) is 0.933. The van der Waals surface area contributed by atoms with Crippen LogP contribution in [0.2, 0.25) is 0 Å². The summed E-state index contributed by atoms with van der Waals surface area (Å²) in [4.78, 5) is 7.40. The third-order valence-corrected chi connectivity index (χ3v) is 5.31. The molecule has 4 heteroatoms. The van der Waals surface area contributed by atoms with E-state index in [9.17, 15) is 0 Å². The minimum atomic E-state index is 0.266. The maximum atomic E-state index is 4.81. The highest BCUT2D eigenvalue weighted by Gasteiger charge is 2.27. The van der Waals surface area contributed by atoms with Crippen LogP contribution in [0.25, 0.3) is 0 Å². The van der Waals surface area contributed by atoms with Crippen molar-refractivity contribution in [2.45, 2.75) is 52.0 Å². The standard InChI is InChI=1S/C15H29N3S/c1-4-15(3)7-10-19-14(17-15)16-11-13(2)12-18-8-5-6-9-18/h13H,4-12H2,1-3H3,(H,16,17). The van der Waals surface area contributed by atoms with Gasteiger partial charge in [-0.3, -0.25) is 4.99 Å². The van der Waals surface area contributed by atoms with Crippen LogP contribution in [-0.4, -0.2) is 47.5 Å². The van der Waals surface area contributed by atoms with Crippen molar-refractivity contribution in [2.24, 2.45) is 10.9 Å². The number of likely N-dealkylation sites (tertiary alicyclic amines) is 1. The minimum Gasteiger partial charge on any atom is -0.360 e. The smallest absolute Gasteiger partial charge is 0.156 e. The Balaban J connectivity index is 1.77. The van der Waals surface area contributed by atoms with Crippen molar-refractivity contribution < 1.29 is 0 Å². The molecule has 2 fully saturated rings. The fourth-order valence-corrected chi connectivity index (χ4v) is 4.01. The number of aliphatic imine (C=N–C) groups is 1. The van der Waals surface area contributed by atoms with Gasteiger partial charge in [0.15, 0.2) is 5.17 Å². The van der Waals surface area contributed by atoms with Crippen LogP contribution >= 0.6 is 11.8 Å². The second-order valence-corrected chi connectivity index (χ2v) is 7.48. The second kappa shape index (κ2) is 6.98. The Morgan fingerprint density at radius 1 is 1.42 bits per heavy atom. The lowest BCUT2D eigenvalue weighted by molar-refractivity contribution is 0.291. The van der Waals surface area contributed by atoms with Crippen molar-refractivity contribution >= 4 is 16.9 Å². The van der Waals surface area contributed by atoms with Gasteiger partial charge in [0, 0.05) is 24.4 Å². The molecular formula is C15H29N3S. The number of thioether (sulfide) groups is 1. The van der Waals surface area contributed by atoms with E-state index in [2.05, 4.69) is 31.0 Å². The quantitative estimate of drug-likeness (QED) is 0.840. The molecule has 2 aliphatic heterocycles. The molecular weight excluding hydrogens is 254 g/mol. The molecule has 0 bridgehead atoms. The number of hydrogen-bond donors (Lipinski definition) is 1. The van der Waals surface area contributed by atoms with Crippen LogP contribution in [0.1, 0.15) is 46.5 Å². The van der Waals surface area contributed by atoms with Gasteiger partial charge in [-0.2, -0.15) is 0 Å². The molecule has 110 valence electrons. The molecule has 19 heavy (non-hydrogen) atoms. The van der Waals surface area contributed by atoms with E-state index in [1.54, 1.807) is 0 Å². The average molecular weight is 283 g/mol. The topological polar surface area (TPSA) is 27.6 Å². The van der Waals surface area contributed by atoms with E-state index in [-0.39, 0.29) is 5.54 Å². The van der Waals surface area contributed by atoms with E-state index >= 15 is 0 Å². The summed E-state index contributed by atoms with van der Waals surface area (Å²) in [7, 11) is 0. The predicted molar refractivity (Wildman–Crippen MR) is 86.0 cm³/mol. The maximum absolute atomic E-state index is 4.81. The van der Waals surface area contributed by atoms with E-state index in [4.69, 9.17) is 4.99 Å². The van der Waals surface area contributed by atoms with E-state index < -0.39 is 0 Å². The SMILES string of the molecule is CCC1(C)CCSC(=NCC(C)CN2CCCC2)N1. The molecule has 2 saturated heterocycles.